The highest BCUT2D eigenvalue weighted by Gasteiger charge is 2.13. The van der Waals surface area contributed by atoms with E-state index in [4.69, 9.17) is 18.0 Å². The van der Waals surface area contributed by atoms with E-state index in [-0.39, 0.29) is 11.8 Å². The summed E-state index contributed by atoms with van der Waals surface area (Å²) in [6, 6.07) is 7.63. The summed E-state index contributed by atoms with van der Waals surface area (Å²) in [5.74, 6) is 0.170. The number of nitrogens with one attached hydrogen (secondary N) is 1. The van der Waals surface area contributed by atoms with Gasteiger partial charge in [-0.1, -0.05) is 38.2 Å². The third-order valence-electron chi connectivity index (χ3n) is 2.96. The van der Waals surface area contributed by atoms with Gasteiger partial charge in [0, 0.05) is 18.0 Å². The first-order valence-electron chi connectivity index (χ1n) is 6.24. The minimum absolute atomic E-state index is 0.0845. The minimum atomic E-state index is 0.0845. The summed E-state index contributed by atoms with van der Waals surface area (Å²) in [7, 11) is 0. The van der Waals surface area contributed by atoms with Gasteiger partial charge in [-0.2, -0.15) is 0 Å². The molecule has 1 aromatic rings. The zero-order valence-corrected chi connectivity index (χ0v) is 11.7. The lowest BCUT2D eigenvalue weighted by molar-refractivity contribution is -0.120. The van der Waals surface area contributed by atoms with Crippen molar-refractivity contribution in [3.05, 3.63) is 29.8 Å². The van der Waals surface area contributed by atoms with Gasteiger partial charge in [0.15, 0.2) is 0 Å². The van der Waals surface area contributed by atoms with E-state index in [1.165, 1.54) is 0 Å². The van der Waals surface area contributed by atoms with E-state index in [2.05, 4.69) is 5.32 Å². The first kappa shape index (κ1) is 14.6. The molecular formula is C14H20N2OS. The number of benzene rings is 1. The van der Waals surface area contributed by atoms with E-state index in [0.29, 0.717) is 11.4 Å². The van der Waals surface area contributed by atoms with Gasteiger partial charge < -0.3 is 11.1 Å². The standard InChI is InChI=1S/C14H20N2OS/c1-3-11(4-2)14(17)16-12-7-5-10(6-8-12)9-13(15)18/h5-8,11H,3-4,9H2,1-2H3,(H2,15,18)(H,16,17). The highest BCUT2D eigenvalue weighted by Crippen LogP contribution is 2.14. The Morgan fingerprint density at radius 1 is 1.28 bits per heavy atom. The SMILES string of the molecule is CCC(CC)C(=O)Nc1ccc(CC(N)=S)cc1. The van der Waals surface area contributed by atoms with Gasteiger partial charge in [-0.05, 0) is 30.5 Å². The van der Waals surface area contributed by atoms with Crippen LogP contribution in [0.15, 0.2) is 24.3 Å². The molecular weight excluding hydrogens is 244 g/mol. The Kier molecular flexibility index (Phi) is 5.78. The van der Waals surface area contributed by atoms with Crippen molar-refractivity contribution in [2.24, 2.45) is 11.7 Å². The maximum Gasteiger partial charge on any atom is 0.227 e. The summed E-state index contributed by atoms with van der Waals surface area (Å²) in [6.45, 7) is 4.05. The summed E-state index contributed by atoms with van der Waals surface area (Å²) in [5.41, 5.74) is 7.36. The summed E-state index contributed by atoms with van der Waals surface area (Å²) >= 11 is 4.85. The number of hydrogen-bond acceptors (Lipinski definition) is 2. The number of rotatable bonds is 6. The molecule has 0 aliphatic carbocycles. The Morgan fingerprint density at radius 3 is 2.28 bits per heavy atom. The fraction of sp³-hybridized carbons (Fsp3) is 0.429. The summed E-state index contributed by atoms with van der Waals surface area (Å²) < 4.78 is 0. The predicted molar refractivity (Wildman–Crippen MR) is 79.6 cm³/mol. The molecule has 0 fully saturated rings. The third kappa shape index (κ3) is 4.45. The van der Waals surface area contributed by atoms with Crippen LogP contribution >= 0.6 is 12.2 Å². The Bertz CT molecular complexity index is 410. The van der Waals surface area contributed by atoms with Crippen molar-refractivity contribution in [1.29, 1.82) is 0 Å². The van der Waals surface area contributed by atoms with Crippen LogP contribution in [0.4, 0.5) is 5.69 Å². The predicted octanol–water partition coefficient (Wildman–Crippen LogP) is 2.89. The molecule has 1 amide bonds. The van der Waals surface area contributed by atoms with E-state index >= 15 is 0 Å². The molecule has 0 heterocycles. The maximum absolute atomic E-state index is 11.9. The van der Waals surface area contributed by atoms with E-state index in [1.807, 2.05) is 38.1 Å². The van der Waals surface area contributed by atoms with Crippen molar-refractivity contribution < 1.29 is 4.79 Å². The van der Waals surface area contributed by atoms with Crippen LogP contribution in [0.5, 0.6) is 0 Å². The number of carbonyl (C=O) groups is 1. The van der Waals surface area contributed by atoms with Crippen LogP contribution in [0.2, 0.25) is 0 Å². The Labute approximate surface area is 114 Å². The molecule has 0 aliphatic rings. The van der Waals surface area contributed by atoms with E-state index < -0.39 is 0 Å². The molecule has 4 heteroatoms. The third-order valence-corrected chi connectivity index (χ3v) is 3.10. The number of amides is 1. The fourth-order valence-corrected chi connectivity index (χ4v) is 1.98. The average Bonchev–Trinajstić information content (AvgIpc) is 2.32. The van der Waals surface area contributed by atoms with Crippen molar-refractivity contribution in [2.75, 3.05) is 5.32 Å². The Morgan fingerprint density at radius 2 is 1.83 bits per heavy atom. The Hall–Kier alpha value is -1.42. The normalized spacial score (nSPS) is 10.4. The van der Waals surface area contributed by atoms with Crippen LogP contribution < -0.4 is 11.1 Å². The van der Waals surface area contributed by atoms with Gasteiger partial charge in [-0.15, -0.1) is 0 Å². The molecule has 0 unspecified atom stereocenters. The second-order valence-corrected chi connectivity index (χ2v) is 4.87. The molecule has 0 saturated carbocycles. The quantitative estimate of drug-likeness (QED) is 0.777. The van der Waals surface area contributed by atoms with Crippen LogP contribution in [0.1, 0.15) is 32.3 Å². The molecule has 18 heavy (non-hydrogen) atoms. The van der Waals surface area contributed by atoms with Gasteiger partial charge >= 0.3 is 0 Å². The van der Waals surface area contributed by atoms with Crippen molar-refractivity contribution in [3.63, 3.8) is 0 Å². The smallest absolute Gasteiger partial charge is 0.227 e. The molecule has 3 nitrogen and oxygen atoms in total. The molecule has 3 N–H and O–H groups in total. The second-order valence-electron chi connectivity index (χ2n) is 4.34. The van der Waals surface area contributed by atoms with Gasteiger partial charge in [-0.3, -0.25) is 4.79 Å². The lowest BCUT2D eigenvalue weighted by Gasteiger charge is -2.13. The van der Waals surface area contributed by atoms with Crippen LogP contribution in [-0.4, -0.2) is 10.9 Å². The van der Waals surface area contributed by atoms with E-state index in [1.54, 1.807) is 0 Å². The highest BCUT2D eigenvalue weighted by molar-refractivity contribution is 7.80. The summed E-state index contributed by atoms with van der Waals surface area (Å²) in [5, 5.41) is 2.92. The van der Waals surface area contributed by atoms with Gasteiger partial charge in [0.25, 0.3) is 0 Å². The highest BCUT2D eigenvalue weighted by atomic mass is 32.1. The summed E-state index contributed by atoms with van der Waals surface area (Å²) in [4.78, 5) is 12.4. The van der Waals surface area contributed by atoms with Crippen LogP contribution in [-0.2, 0) is 11.2 Å². The first-order chi connectivity index (χ1) is 8.56. The van der Waals surface area contributed by atoms with Crippen LogP contribution in [0, 0.1) is 5.92 Å². The molecule has 1 aromatic carbocycles. The first-order valence-corrected chi connectivity index (χ1v) is 6.65. The Balaban J connectivity index is 2.63. The van der Waals surface area contributed by atoms with Gasteiger partial charge in [-0.25, -0.2) is 0 Å². The molecule has 0 aromatic heterocycles. The topological polar surface area (TPSA) is 55.1 Å². The average molecular weight is 264 g/mol. The second kappa shape index (κ2) is 7.11. The van der Waals surface area contributed by atoms with Crippen molar-refractivity contribution in [3.8, 4) is 0 Å². The maximum atomic E-state index is 11.9. The number of nitrogens with two attached hydrogens (primary N) is 1. The van der Waals surface area contributed by atoms with Crippen LogP contribution in [0.25, 0.3) is 0 Å². The van der Waals surface area contributed by atoms with Crippen molar-refractivity contribution in [1.82, 2.24) is 0 Å². The minimum Gasteiger partial charge on any atom is -0.393 e. The molecule has 0 aliphatic heterocycles. The summed E-state index contributed by atoms with van der Waals surface area (Å²) in [6.07, 6.45) is 2.32. The van der Waals surface area contributed by atoms with Gasteiger partial charge in [0.1, 0.15) is 0 Å². The zero-order chi connectivity index (χ0) is 13.5. The lowest BCUT2D eigenvalue weighted by Crippen LogP contribution is -2.21. The number of anilines is 1. The molecule has 0 spiro atoms. The monoisotopic (exact) mass is 264 g/mol. The van der Waals surface area contributed by atoms with E-state index in [0.717, 1.165) is 24.1 Å². The van der Waals surface area contributed by atoms with Gasteiger partial charge in [0.2, 0.25) is 5.91 Å². The van der Waals surface area contributed by atoms with Crippen molar-refractivity contribution >= 4 is 28.8 Å². The zero-order valence-electron chi connectivity index (χ0n) is 10.9. The number of carbonyl (C=O) groups excluding carboxylic acids is 1. The fourth-order valence-electron chi connectivity index (χ4n) is 1.81. The van der Waals surface area contributed by atoms with Crippen molar-refractivity contribution in [2.45, 2.75) is 33.1 Å². The number of hydrogen-bond donors (Lipinski definition) is 2. The van der Waals surface area contributed by atoms with Gasteiger partial charge in [0.05, 0.1) is 4.99 Å². The largest absolute Gasteiger partial charge is 0.393 e. The molecule has 98 valence electrons. The molecule has 0 bridgehead atoms. The molecule has 1 rings (SSSR count). The molecule has 0 saturated heterocycles. The lowest BCUT2D eigenvalue weighted by atomic mass is 10.0. The number of thiocarbonyl (C=S) groups is 1. The molecule has 0 radical (unpaired) electrons. The van der Waals surface area contributed by atoms with Crippen LogP contribution in [0.3, 0.4) is 0 Å². The van der Waals surface area contributed by atoms with E-state index in [9.17, 15) is 4.79 Å². The molecule has 0 atom stereocenters.